The number of likely N-dealkylation sites (tertiary alicyclic amines) is 1. The normalized spacial score (nSPS) is 23.2. The van der Waals surface area contributed by atoms with Gasteiger partial charge < -0.3 is 4.74 Å². The topological polar surface area (TPSA) is 29.5 Å². The van der Waals surface area contributed by atoms with E-state index < -0.39 is 0 Å². The maximum Gasteiger partial charge on any atom is 0.328 e. The molecule has 2 heterocycles. The number of hydrogen-bond donors (Lipinski definition) is 0. The predicted octanol–water partition coefficient (Wildman–Crippen LogP) is 2.45. The molecular weight excluding hydrogens is 222 g/mol. The number of carbonyl (C=O) groups is 1. The standard InChI is InChI=1S/C12H17NO2S/c1-9-5-3-7-13(9)11(12(14)15-2)10-6-4-8-16-10/h4,6,8-9,11H,3,5,7H2,1-2H3/t9-,11-/m1/s1. The smallest absolute Gasteiger partial charge is 0.328 e. The molecule has 0 saturated carbocycles. The molecule has 0 aromatic carbocycles. The molecule has 0 spiro atoms. The maximum absolute atomic E-state index is 11.9. The second-order valence-corrected chi connectivity index (χ2v) is 5.15. The van der Waals surface area contributed by atoms with E-state index >= 15 is 0 Å². The average molecular weight is 239 g/mol. The highest BCUT2D eigenvalue weighted by molar-refractivity contribution is 7.10. The molecule has 1 aromatic heterocycles. The molecule has 0 aliphatic carbocycles. The van der Waals surface area contributed by atoms with Gasteiger partial charge in [-0.15, -0.1) is 11.3 Å². The molecule has 1 aliphatic rings. The Kier molecular flexibility index (Phi) is 3.61. The van der Waals surface area contributed by atoms with Crippen LogP contribution in [0.1, 0.15) is 30.7 Å². The summed E-state index contributed by atoms with van der Waals surface area (Å²) in [4.78, 5) is 15.2. The SMILES string of the molecule is COC(=O)[C@@H](c1cccs1)N1CCC[C@H]1C. The number of rotatable bonds is 3. The highest BCUT2D eigenvalue weighted by Gasteiger charge is 2.34. The Morgan fingerprint density at radius 3 is 3.00 bits per heavy atom. The average Bonchev–Trinajstić information content (AvgIpc) is 2.92. The van der Waals surface area contributed by atoms with E-state index in [4.69, 9.17) is 4.74 Å². The number of thiophene rings is 1. The van der Waals surface area contributed by atoms with Gasteiger partial charge in [-0.05, 0) is 37.8 Å². The lowest BCUT2D eigenvalue weighted by Gasteiger charge is -2.28. The Balaban J connectivity index is 2.24. The Labute approximate surface area is 100 Å². The third kappa shape index (κ3) is 2.13. The lowest BCUT2D eigenvalue weighted by molar-refractivity contribution is -0.147. The number of ether oxygens (including phenoxy) is 1. The van der Waals surface area contributed by atoms with Gasteiger partial charge in [0.15, 0.2) is 0 Å². The first-order chi connectivity index (χ1) is 7.74. The van der Waals surface area contributed by atoms with Crippen LogP contribution in [0, 0.1) is 0 Å². The number of nitrogens with zero attached hydrogens (tertiary/aromatic N) is 1. The fourth-order valence-corrected chi connectivity index (χ4v) is 3.14. The van der Waals surface area contributed by atoms with Gasteiger partial charge in [0.1, 0.15) is 6.04 Å². The molecule has 1 fully saturated rings. The first-order valence-corrected chi connectivity index (χ1v) is 6.49. The first kappa shape index (κ1) is 11.6. The fraction of sp³-hybridized carbons (Fsp3) is 0.583. The lowest BCUT2D eigenvalue weighted by Crippen LogP contribution is -2.36. The Hall–Kier alpha value is -0.870. The molecule has 2 atom stereocenters. The molecule has 1 aromatic rings. The van der Waals surface area contributed by atoms with Crippen LogP contribution < -0.4 is 0 Å². The van der Waals surface area contributed by atoms with Crippen LogP contribution in [0.15, 0.2) is 17.5 Å². The molecule has 4 heteroatoms. The minimum Gasteiger partial charge on any atom is -0.468 e. The minimum absolute atomic E-state index is 0.142. The first-order valence-electron chi connectivity index (χ1n) is 5.61. The molecule has 1 aliphatic heterocycles. The van der Waals surface area contributed by atoms with Crippen molar-refractivity contribution >= 4 is 17.3 Å². The Morgan fingerprint density at radius 1 is 1.69 bits per heavy atom. The maximum atomic E-state index is 11.9. The molecule has 88 valence electrons. The monoisotopic (exact) mass is 239 g/mol. The second-order valence-electron chi connectivity index (χ2n) is 4.17. The van der Waals surface area contributed by atoms with E-state index in [2.05, 4.69) is 11.8 Å². The number of carbonyl (C=O) groups excluding carboxylic acids is 1. The van der Waals surface area contributed by atoms with Crippen LogP contribution in [0.3, 0.4) is 0 Å². The van der Waals surface area contributed by atoms with Gasteiger partial charge in [-0.2, -0.15) is 0 Å². The van der Waals surface area contributed by atoms with E-state index in [1.165, 1.54) is 20.0 Å². The summed E-state index contributed by atoms with van der Waals surface area (Å²) >= 11 is 1.62. The summed E-state index contributed by atoms with van der Waals surface area (Å²) in [5.41, 5.74) is 0. The molecule has 16 heavy (non-hydrogen) atoms. The van der Waals surface area contributed by atoms with E-state index in [1.807, 2.05) is 17.5 Å². The Bertz CT molecular complexity index is 350. The van der Waals surface area contributed by atoms with Gasteiger partial charge >= 0.3 is 5.97 Å². The molecule has 0 amide bonds. The van der Waals surface area contributed by atoms with Crippen molar-refractivity contribution in [2.45, 2.75) is 31.8 Å². The molecule has 2 rings (SSSR count). The van der Waals surface area contributed by atoms with Gasteiger partial charge in [-0.1, -0.05) is 6.07 Å². The van der Waals surface area contributed by atoms with Gasteiger partial charge in [0.2, 0.25) is 0 Å². The highest BCUT2D eigenvalue weighted by atomic mass is 32.1. The molecule has 0 N–H and O–H groups in total. The molecule has 0 bridgehead atoms. The summed E-state index contributed by atoms with van der Waals surface area (Å²) in [6, 6.07) is 4.25. The van der Waals surface area contributed by atoms with Crippen molar-refractivity contribution < 1.29 is 9.53 Å². The van der Waals surface area contributed by atoms with Crippen molar-refractivity contribution in [2.75, 3.05) is 13.7 Å². The zero-order chi connectivity index (χ0) is 11.5. The molecule has 0 unspecified atom stereocenters. The summed E-state index contributed by atoms with van der Waals surface area (Å²) in [7, 11) is 1.46. The van der Waals surface area contributed by atoms with Gasteiger partial charge in [-0.3, -0.25) is 4.90 Å². The Morgan fingerprint density at radius 2 is 2.50 bits per heavy atom. The van der Waals surface area contributed by atoms with Gasteiger partial charge in [0.25, 0.3) is 0 Å². The van der Waals surface area contributed by atoms with Crippen LogP contribution in [-0.4, -0.2) is 30.6 Å². The third-order valence-electron chi connectivity index (χ3n) is 3.17. The zero-order valence-corrected chi connectivity index (χ0v) is 10.5. The molecule has 0 radical (unpaired) electrons. The quantitative estimate of drug-likeness (QED) is 0.759. The zero-order valence-electron chi connectivity index (χ0n) is 9.68. The van der Waals surface area contributed by atoms with E-state index in [0.717, 1.165) is 11.4 Å². The van der Waals surface area contributed by atoms with Crippen molar-refractivity contribution in [2.24, 2.45) is 0 Å². The van der Waals surface area contributed by atoms with Crippen molar-refractivity contribution in [3.63, 3.8) is 0 Å². The summed E-state index contributed by atoms with van der Waals surface area (Å²) in [6.45, 7) is 3.16. The third-order valence-corrected chi connectivity index (χ3v) is 4.10. The van der Waals surface area contributed by atoms with Gasteiger partial charge in [0.05, 0.1) is 7.11 Å². The summed E-state index contributed by atoms with van der Waals surface area (Å²) in [6.07, 6.45) is 2.33. The summed E-state index contributed by atoms with van der Waals surface area (Å²) in [5, 5.41) is 2.01. The largest absolute Gasteiger partial charge is 0.468 e. The van der Waals surface area contributed by atoms with Gasteiger partial charge in [0, 0.05) is 10.9 Å². The molecule has 3 nitrogen and oxygen atoms in total. The van der Waals surface area contributed by atoms with Crippen molar-refractivity contribution in [1.29, 1.82) is 0 Å². The summed E-state index contributed by atoms with van der Waals surface area (Å²) in [5.74, 6) is -0.142. The van der Waals surface area contributed by atoms with E-state index in [1.54, 1.807) is 11.3 Å². The number of esters is 1. The minimum atomic E-state index is -0.206. The lowest BCUT2D eigenvalue weighted by atomic mass is 10.2. The summed E-state index contributed by atoms with van der Waals surface area (Å²) < 4.78 is 4.92. The van der Waals surface area contributed by atoms with Crippen LogP contribution in [0.25, 0.3) is 0 Å². The van der Waals surface area contributed by atoms with Crippen LogP contribution in [0.5, 0.6) is 0 Å². The van der Waals surface area contributed by atoms with Crippen LogP contribution >= 0.6 is 11.3 Å². The number of hydrogen-bond acceptors (Lipinski definition) is 4. The van der Waals surface area contributed by atoms with E-state index in [0.29, 0.717) is 6.04 Å². The molecular formula is C12H17NO2S. The highest BCUT2D eigenvalue weighted by Crippen LogP contribution is 2.32. The van der Waals surface area contributed by atoms with E-state index in [9.17, 15) is 4.79 Å². The van der Waals surface area contributed by atoms with Crippen molar-refractivity contribution in [3.05, 3.63) is 22.4 Å². The number of methoxy groups -OCH3 is 1. The van der Waals surface area contributed by atoms with Crippen molar-refractivity contribution in [3.8, 4) is 0 Å². The molecule has 1 saturated heterocycles. The van der Waals surface area contributed by atoms with Crippen LogP contribution in [-0.2, 0) is 9.53 Å². The van der Waals surface area contributed by atoms with Crippen LogP contribution in [0.2, 0.25) is 0 Å². The van der Waals surface area contributed by atoms with Gasteiger partial charge in [-0.25, -0.2) is 4.79 Å². The fourth-order valence-electron chi connectivity index (χ4n) is 2.31. The predicted molar refractivity (Wildman–Crippen MR) is 64.5 cm³/mol. The van der Waals surface area contributed by atoms with E-state index in [-0.39, 0.29) is 12.0 Å². The van der Waals surface area contributed by atoms with Crippen LogP contribution in [0.4, 0.5) is 0 Å². The second kappa shape index (κ2) is 4.97. The van der Waals surface area contributed by atoms with Crippen molar-refractivity contribution in [1.82, 2.24) is 4.90 Å².